The van der Waals surface area contributed by atoms with Crippen molar-refractivity contribution in [3.63, 3.8) is 0 Å². The van der Waals surface area contributed by atoms with Crippen LogP contribution in [0.4, 0.5) is 0 Å². The second-order valence-electron chi connectivity index (χ2n) is 10.00. The molecule has 0 aromatic carbocycles. The highest BCUT2D eigenvalue weighted by Crippen LogP contribution is 2.29. The Kier molecular flexibility index (Phi) is 6.74. The van der Waals surface area contributed by atoms with E-state index >= 15 is 0 Å². The Morgan fingerprint density at radius 1 is 1.09 bits per heavy atom. The van der Waals surface area contributed by atoms with Crippen molar-refractivity contribution in [3.8, 4) is 0 Å². The fourth-order valence-electron chi connectivity index (χ4n) is 5.80. The van der Waals surface area contributed by atoms with E-state index in [2.05, 4.69) is 22.0 Å². The van der Waals surface area contributed by atoms with Gasteiger partial charge in [-0.05, 0) is 64.0 Å². The maximum atomic E-state index is 12.9. The van der Waals surface area contributed by atoms with Crippen molar-refractivity contribution < 1.29 is 9.53 Å². The highest BCUT2D eigenvalue weighted by molar-refractivity contribution is 5.79. The lowest BCUT2D eigenvalue weighted by atomic mass is 9.91. The van der Waals surface area contributed by atoms with Gasteiger partial charge in [0.25, 0.3) is 5.56 Å². The minimum absolute atomic E-state index is 0.0337. The number of carbonyl (C=O) groups is 1. The standard InChI is InChI=1S/C25H36N4O3/c30-24-21-17-29(25(31)20-9-14-32-15-10-20)13-8-22(21)26-23(27-24)19-6-11-28(12-7-19)16-18-4-2-1-3-5-18/h1-2,18-20H,3-17H2,(H,26,27,30). The minimum Gasteiger partial charge on any atom is -0.381 e. The van der Waals surface area contributed by atoms with Gasteiger partial charge in [-0.3, -0.25) is 9.59 Å². The normalized spacial score (nSPS) is 25.6. The molecule has 1 aromatic rings. The molecule has 2 saturated heterocycles. The number of rotatable bonds is 4. The van der Waals surface area contributed by atoms with Gasteiger partial charge in [0, 0.05) is 44.6 Å². The molecule has 3 aliphatic heterocycles. The maximum absolute atomic E-state index is 12.9. The molecule has 174 valence electrons. The molecule has 0 bridgehead atoms. The van der Waals surface area contributed by atoms with Crippen molar-refractivity contribution in [2.45, 2.75) is 63.8 Å². The van der Waals surface area contributed by atoms with Gasteiger partial charge in [-0.25, -0.2) is 4.98 Å². The van der Waals surface area contributed by atoms with Gasteiger partial charge in [0.2, 0.25) is 5.91 Å². The second kappa shape index (κ2) is 9.87. The van der Waals surface area contributed by atoms with Gasteiger partial charge in [-0.2, -0.15) is 0 Å². The SMILES string of the molecule is O=C(C1CCOCC1)N1CCc2nc(C3CCN(CC4CC=CCC4)CC3)[nH]c(=O)c2C1. The van der Waals surface area contributed by atoms with Crippen LogP contribution in [0.3, 0.4) is 0 Å². The van der Waals surface area contributed by atoms with Crippen LogP contribution in [-0.2, 0) is 22.5 Å². The van der Waals surface area contributed by atoms with Gasteiger partial charge in [0.05, 0.1) is 17.8 Å². The Bertz CT molecular complexity index is 897. The zero-order chi connectivity index (χ0) is 21.9. The number of H-pyrrole nitrogens is 1. The van der Waals surface area contributed by atoms with Gasteiger partial charge < -0.3 is 19.5 Å². The van der Waals surface area contributed by atoms with Crippen LogP contribution in [0.2, 0.25) is 0 Å². The number of likely N-dealkylation sites (tertiary alicyclic amines) is 1. The Morgan fingerprint density at radius 2 is 1.91 bits per heavy atom. The van der Waals surface area contributed by atoms with Crippen LogP contribution >= 0.6 is 0 Å². The largest absolute Gasteiger partial charge is 0.381 e. The summed E-state index contributed by atoms with van der Waals surface area (Å²) in [6.07, 6.45) is 12.7. The van der Waals surface area contributed by atoms with E-state index in [1.807, 2.05) is 4.90 Å². The number of aromatic nitrogens is 2. The molecule has 1 aliphatic carbocycles. The molecule has 1 amide bonds. The van der Waals surface area contributed by atoms with Crippen LogP contribution < -0.4 is 5.56 Å². The smallest absolute Gasteiger partial charge is 0.256 e. The van der Waals surface area contributed by atoms with E-state index in [9.17, 15) is 9.59 Å². The molecule has 7 heteroatoms. The average molecular weight is 441 g/mol. The zero-order valence-corrected chi connectivity index (χ0v) is 19.1. The summed E-state index contributed by atoms with van der Waals surface area (Å²) >= 11 is 0. The molecule has 0 radical (unpaired) electrons. The van der Waals surface area contributed by atoms with Crippen molar-refractivity contribution in [1.29, 1.82) is 0 Å². The highest BCUT2D eigenvalue weighted by Gasteiger charge is 2.31. The molecule has 0 spiro atoms. The Balaban J connectivity index is 1.20. The van der Waals surface area contributed by atoms with E-state index in [4.69, 9.17) is 9.72 Å². The number of piperidine rings is 1. The molecule has 5 rings (SSSR count). The van der Waals surface area contributed by atoms with Gasteiger partial charge >= 0.3 is 0 Å². The molecule has 4 heterocycles. The molecule has 32 heavy (non-hydrogen) atoms. The third-order valence-electron chi connectivity index (χ3n) is 7.84. The number of amides is 1. The molecule has 7 nitrogen and oxygen atoms in total. The summed E-state index contributed by atoms with van der Waals surface area (Å²) in [6, 6.07) is 0. The number of fused-ring (bicyclic) bond motifs is 1. The lowest BCUT2D eigenvalue weighted by molar-refractivity contribution is -0.139. The number of allylic oxidation sites excluding steroid dienone is 2. The van der Waals surface area contributed by atoms with Crippen LogP contribution in [0.25, 0.3) is 0 Å². The number of hydrogen-bond acceptors (Lipinski definition) is 5. The Labute approximate surface area is 190 Å². The first-order chi connectivity index (χ1) is 15.7. The van der Waals surface area contributed by atoms with Crippen molar-refractivity contribution in [3.05, 3.63) is 39.6 Å². The number of aromatic amines is 1. The Morgan fingerprint density at radius 3 is 2.66 bits per heavy atom. The molecular formula is C25H36N4O3. The first kappa shape index (κ1) is 21.8. The van der Waals surface area contributed by atoms with Crippen molar-refractivity contribution in [2.24, 2.45) is 11.8 Å². The number of ether oxygens (including phenoxy) is 1. The Hall–Kier alpha value is -1.99. The monoisotopic (exact) mass is 440 g/mol. The summed E-state index contributed by atoms with van der Waals surface area (Å²) in [5.41, 5.74) is 1.53. The van der Waals surface area contributed by atoms with Crippen molar-refractivity contribution in [1.82, 2.24) is 19.8 Å². The first-order valence-electron chi connectivity index (χ1n) is 12.5. The third kappa shape index (κ3) is 4.84. The third-order valence-corrected chi connectivity index (χ3v) is 7.84. The summed E-state index contributed by atoms with van der Waals surface area (Å²) in [4.78, 5) is 38.3. The van der Waals surface area contributed by atoms with Crippen LogP contribution in [-0.4, -0.2) is 65.1 Å². The lowest BCUT2D eigenvalue weighted by Crippen LogP contribution is -2.44. The van der Waals surface area contributed by atoms with Crippen LogP contribution in [0.1, 0.15) is 67.9 Å². The van der Waals surface area contributed by atoms with Crippen LogP contribution in [0, 0.1) is 11.8 Å². The van der Waals surface area contributed by atoms with E-state index in [0.29, 0.717) is 44.2 Å². The quantitative estimate of drug-likeness (QED) is 0.728. The zero-order valence-electron chi connectivity index (χ0n) is 19.1. The topological polar surface area (TPSA) is 78.5 Å². The second-order valence-corrected chi connectivity index (χ2v) is 10.00. The highest BCUT2D eigenvalue weighted by atomic mass is 16.5. The molecule has 1 unspecified atom stereocenters. The van der Waals surface area contributed by atoms with E-state index in [-0.39, 0.29) is 17.4 Å². The summed E-state index contributed by atoms with van der Waals surface area (Å²) in [6.45, 7) is 5.72. The van der Waals surface area contributed by atoms with Crippen molar-refractivity contribution in [2.75, 3.05) is 39.4 Å². The summed E-state index contributed by atoms with van der Waals surface area (Å²) in [5, 5.41) is 0. The molecule has 0 saturated carbocycles. The maximum Gasteiger partial charge on any atom is 0.256 e. The molecular weight excluding hydrogens is 404 g/mol. The number of nitrogens with zero attached hydrogens (tertiary/aromatic N) is 3. The molecule has 4 aliphatic rings. The number of nitrogens with one attached hydrogen (secondary N) is 1. The van der Waals surface area contributed by atoms with E-state index in [0.717, 1.165) is 56.2 Å². The van der Waals surface area contributed by atoms with Gasteiger partial charge in [-0.15, -0.1) is 0 Å². The van der Waals surface area contributed by atoms with Gasteiger partial charge in [0.1, 0.15) is 5.82 Å². The van der Waals surface area contributed by atoms with Crippen LogP contribution in [0.5, 0.6) is 0 Å². The average Bonchev–Trinajstić information content (AvgIpc) is 2.85. The first-order valence-corrected chi connectivity index (χ1v) is 12.5. The van der Waals surface area contributed by atoms with E-state index in [1.54, 1.807) is 0 Å². The summed E-state index contributed by atoms with van der Waals surface area (Å²) in [5.74, 6) is 2.19. The van der Waals surface area contributed by atoms with Gasteiger partial charge in [0.15, 0.2) is 0 Å². The summed E-state index contributed by atoms with van der Waals surface area (Å²) < 4.78 is 5.39. The molecule has 2 fully saturated rings. The molecule has 1 N–H and O–H groups in total. The lowest BCUT2D eigenvalue weighted by Gasteiger charge is -2.35. The fourth-order valence-corrected chi connectivity index (χ4v) is 5.80. The van der Waals surface area contributed by atoms with E-state index in [1.165, 1.54) is 25.8 Å². The summed E-state index contributed by atoms with van der Waals surface area (Å²) in [7, 11) is 0. The van der Waals surface area contributed by atoms with Gasteiger partial charge in [-0.1, -0.05) is 12.2 Å². The van der Waals surface area contributed by atoms with E-state index < -0.39 is 0 Å². The predicted molar refractivity (Wildman–Crippen MR) is 122 cm³/mol. The minimum atomic E-state index is -0.0501. The van der Waals surface area contributed by atoms with Crippen LogP contribution in [0.15, 0.2) is 16.9 Å². The molecule has 1 atom stereocenters. The predicted octanol–water partition coefficient (Wildman–Crippen LogP) is 2.62. The molecule has 1 aromatic heterocycles. The number of carbonyl (C=O) groups excluding carboxylic acids is 1. The fraction of sp³-hybridized carbons (Fsp3) is 0.720. The number of hydrogen-bond donors (Lipinski definition) is 1. The van der Waals surface area contributed by atoms with Crippen molar-refractivity contribution >= 4 is 5.91 Å².